The fourth-order valence-corrected chi connectivity index (χ4v) is 3.50. The predicted octanol–water partition coefficient (Wildman–Crippen LogP) is 4.58. The van der Waals surface area contributed by atoms with Gasteiger partial charge in [-0.2, -0.15) is 0 Å². The Hall–Kier alpha value is -2.64. The van der Waals surface area contributed by atoms with Crippen molar-refractivity contribution < 1.29 is 23.8 Å². The molecule has 33 heavy (non-hydrogen) atoms. The molecule has 180 valence electrons. The van der Waals surface area contributed by atoms with Crippen molar-refractivity contribution in [1.29, 1.82) is 0 Å². The van der Waals surface area contributed by atoms with Crippen molar-refractivity contribution in [3.05, 3.63) is 52.0 Å². The molecule has 0 radical (unpaired) electrons. The molecule has 2 aromatic rings. The van der Waals surface area contributed by atoms with Crippen LogP contribution >= 0.6 is 23.2 Å². The topological polar surface area (TPSA) is 77.1 Å². The summed E-state index contributed by atoms with van der Waals surface area (Å²) in [5.41, 5.74) is 0.556. The van der Waals surface area contributed by atoms with Gasteiger partial charge < -0.3 is 24.4 Å². The Kier molecular flexibility index (Phi) is 10.1. The van der Waals surface area contributed by atoms with E-state index in [0.29, 0.717) is 39.4 Å². The van der Waals surface area contributed by atoms with Crippen LogP contribution in [-0.4, -0.2) is 50.1 Å². The Morgan fingerprint density at radius 3 is 2.03 bits per heavy atom. The number of rotatable bonds is 11. The van der Waals surface area contributed by atoms with Gasteiger partial charge in [-0.05, 0) is 25.0 Å². The molecule has 0 aliphatic rings. The van der Waals surface area contributed by atoms with Crippen molar-refractivity contribution >= 4 is 35.0 Å². The number of carbonyl (C=O) groups is 2. The first-order valence-electron chi connectivity index (χ1n) is 10.5. The summed E-state index contributed by atoms with van der Waals surface area (Å²) < 4.78 is 16.2. The van der Waals surface area contributed by atoms with Gasteiger partial charge in [0, 0.05) is 46.9 Å². The molecule has 2 amide bonds. The van der Waals surface area contributed by atoms with E-state index in [-0.39, 0.29) is 25.0 Å². The predicted molar refractivity (Wildman–Crippen MR) is 129 cm³/mol. The van der Waals surface area contributed by atoms with Crippen molar-refractivity contribution in [3.8, 4) is 17.2 Å². The molecule has 0 aromatic heterocycles. The maximum atomic E-state index is 13.2. The van der Waals surface area contributed by atoms with E-state index < -0.39 is 11.9 Å². The highest BCUT2D eigenvalue weighted by Gasteiger charge is 2.28. The number of benzene rings is 2. The normalized spacial score (nSPS) is 11.6. The zero-order chi connectivity index (χ0) is 24.5. The van der Waals surface area contributed by atoms with Gasteiger partial charge in [-0.25, -0.2) is 0 Å². The molecule has 1 unspecified atom stereocenters. The van der Waals surface area contributed by atoms with Crippen LogP contribution in [0.1, 0.15) is 26.3 Å². The lowest BCUT2D eigenvalue weighted by Gasteiger charge is -2.29. The summed E-state index contributed by atoms with van der Waals surface area (Å²) in [4.78, 5) is 27.4. The SMILES string of the molecule is COc1cc(OC)cc(OCC(=O)N(Cc2c(Cl)cccc2Cl)C(C)C(=O)NCC(C)C)c1. The molecule has 1 atom stereocenters. The fourth-order valence-electron chi connectivity index (χ4n) is 2.98. The molecule has 0 aliphatic carbocycles. The maximum absolute atomic E-state index is 13.2. The van der Waals surface area contributed by atoms with Crippen LogP contribution < -0.4 is 19.5 Å². The average molecular weight is 497 g/mol. The van der Waals surface area contributed by atoms with E-state index in [9.17, 15) is 9.59 Å². The molecule has 9 heteroatoms. The van der Waals surface area contributed by atoms with Crippen LogP contribution in [0.15, 0.2) is 36.4 Å². The first kappa shape index (κ1) is 26.6. The largest absolute Gasteiger partial charge is 0.496 e. The van der Waals surface area contributed by atoms with E-state index in [1.807, 2.05) is 13.8 Å². The number of nitrogens with one attached hydrogen (secondary N) is 1. The van der Waals surface area contributed by atoms with Crippen molar-refractivity contribution in [2.45, 2.75) is 33.4 Å². The second-order valence-corrected chi connectivity index (χ2v) is 8.69. The summed E-state index contributed by atoms with van der Waals surface area (Å²) in [6.07, 6.45) is 0. The highest BCUT2D eigenvalue weighted by Crippen LogP contribution is 2.28. The third kappa shape index (κ3) is 7.72. The van der Waals surface area contributed by atoms with E-state index in [1.165, 1.54) is 19.1 Å². The third-order valence-corrected chi connectivity index (χ3v) is 5.64. The van der Waals surface area contributed by atoms with E-state index in [2.05, 4.69) is 5.32 Å². The molecule has 0 heterocycles. The lowest BCUT2D eigenvalue weighted by molar-refractivity contribution is -0.142. The molecular formula is C24H30Cl2N2O5. The van der Waals surface area contributed by atoms with Crippen molar-refractivity contribution in [2.24, 2.45) is 5.92 Å². The van der Waals surface area contributed by atoms with Gasteiger partial charge in [-0.15, -0.1) is 0 Å². The number of carbonyl (C=O) groups excluding carboxylic acids is 2. The Balaban J connectivity index is 2.24. The van der Waals surface area contributed by atoms with Crippen molar-refractivity contribution in [1.82, 2.24) is 10.2 Å². The Bertz CT molecular complexity index is 925. The zero-order valence-electron chi connectivity index (χ0n) is 19.5. The van der Waals surface area contributed by atoms with Crippen LogP contribution in [0, 0.1) is 5.92 Å². The summed E-state index contributed by atoms with van der Waals surface area (Å²) in [6, 6.07) is 9.31. The van der Waals surface area contributed by atoms with Crippen LogP contribution in [0.5, 0.6) is 17.2 Å². The maximum Gasteiger partial charge on any atom is 0.261 e. The highest BCUT2D eigenvalue weighted by molar-refractivity contribution is 6.36. The summed E-state index contributed by atoms with van der Waals surface area (Å²) in [7, 11) is 3.05. The monoisotopic (exact) mass is 496 g/mol. The quantitative estimate of drug-likeness (QED) is 0.492. The lowest BCUT2D eigenvalue weighted by atomic mass is 10.1. The van der Waals surface area contributed by atoms with Crippen LogP contribution in [0.4, 0.5) is 0 Å². The number of hydrogen-bond donors (Lipinski definition) is 1. The number of ether oxygens (including phenoxy) is 3. The molecule has 2 rings (SSSR count). The standard InChI is InChI=1S/C24H30Cl2N2O5/c1-15(2)12-27-24(30)16(3)28(13-20-21(25)7-6-8-22(20)26)23(29)14-33-19-10-17(31-4)9-18(11-19)32-5/h6-11,15-16H,12-14H2,1-5H3,(H,27,30). The number of halogens is 2. The average Bonchev–Trinajstić information content (AvgIpc) is 2.80. The van der Waals surface area contributed by atoms with Gasteiger partial charge in [0.15, 0.2) is 6.61 Å². The smallest absolute Gasteiger partial charge is 0.261 e. The van der Waals surface area contributed by atoms with Gasteiger partial charge in [0.05, 0.1) is 14.2 Å². The molecule has 0 saturated carbocycles. The Labute approximate surface area is 204 Å². The number of amides is 2. The summed E-state index contributed by atoms with van der Waals surface area (Å²) in [5, 5.41) is 3.68. The van der Waals surface area contributed by atoms with E-state index >= 15 is 0 Å². The van der Waals surface area contributed by atoms with Crippen LogP contribution in [0.2, 0.25) is 10.0 Å². The minimum atomic E-state index is -0.771. The van der Waals surface area contributed by atoms with Crippen molar-refractivity contribution in [2.75, 3.05) is 27.4 Å². The molecule has 1 N–H and O–H groups in total. The lowest BCUT2D eigenvalue weighted by Crippen LogP contribution is -2.49. The van der Waals surface area contributed by atoms with E-state index in [0.717, 1.165) is 0 Å². The van der Waals surface area contributed by atoms with Crippen LogP contribution in [-0.2, 0) is 16.1 Å². The summed E-state index contributed by atoms with van der Waals surface area (Å²) >= 11 is 12.6. The van der Waals surface area contributed by atoms with Gasteiger partial charge in [0.25, 0.3) is 5.91 Å². The molecule has 0 saturated heterocycles. The van der Waals surface area contributed by atoms with Gasteiger partial charge in [0.1, 0.15) is 23.3 Å². The first-order valence-corrected chi connectivity index (χ1v) is 11.3. The minimum Gasteiger partial charge on any atom is -0.496 e. The van der Waals surface area contributed by atoms with Crippen LogP contribution in [0.3, 0.4) is 0 Å². The second-order valence-electron chi connectivity index (χ2n) is 7.87. The Morgan fingerprint density at radius 2 is 1.52 bits per heavy atom. The number of methoxy groups -OCH3 is 2. The molecule has 2 aromatic carbocycles. The summed E-state index contributed by atoms with van der Waals surface area (Å²) in [6.45, 7) is 5.89. The summed E-state index contributed by atoms with van der Waals surface area (Å²) in [5.74, 6) is 1.04. The number of hydrogen-bond acceptors (Lipinski definition) is 5. The van der Waals surface area contributed by atoms with Crippen molar-refractivity contribution in [3.63, 3.8) is 0 Å². The second kappa shape index (κ2) is 12.6. The third-order valence-electron chi connectivity index (χ3n) is 4.93. The zero-order valence-corrected chi connectivity index (χ0v) is 21.0. The highest BCUT2D eigenvalue weighted by atomic mass is 35.5. The van der Waals surface area contributed by atoms with Gasteiger partial charge in [0.2, 0.25) is 5.91 Å². The van der Waals surface area contributed by atoms with Gasteiger partial charge >= 0.3 is 0 Å². The molecule has 0 fully saturated rings. The van der Waals surface area contributed by atoms with Gasteiger partial charge in [-0.3, -0.25) is 9.59 Å². The number of nitrogens with zero attached hydrogens (tertiary/aromatic N) is 1. The molecule has 0 spiro atoms. The van der Waals surface area contributed by atoms with E-state index in [1.54, 1.807) is 43.3 Å². The van der Waals surface area contributed by atoms with Crippen LogP contribution in [0.25, 0.3) is 0 Å². The minimum absolute atomic E-state index is 0.0540. The van der Waals surface area contributed by atoms with Gasteiger partial charge in [-0.1, -0.05) is 43.1 Å². The Morgan fingerprint density at radius 1 is 0.970 bits per heavy atom. The van der Waals surface area contributed by atoms with E-state index in [4.69, 9.17) is 37.4 Å². The fraction of sp³-hybridized carbons (Fsp3) is 0.417. The molecule has 0 bridgehead atoms. The first-order chi connectivity index (χ1) is 15.7. The molecular weight excluding hydrogens is 467 g/mol. The molecule has 0 aliphatic heterocycles. The molecule has 7 nitrogen and oxygen atoms in total.